The number of likely N-dealkylation sites (tertiary alicyclic amines) is 1. The van der Waals surface area contributed by atoms with Gasteiger partial charge in [-0.15, -0.1) is 10.2 Å². The third-order valence-corrected chi connectivity index (χ3v) is 5.76. The van der Waals surface area contributed by atoms with Gasteiger partial charge in [-0.25, -0.2) is 0 Å². The Labute approximate surface area is 162 Å². The molecule has 0 radical (unpaired) electrons. The van der Waals surface area contributed by atoms with Crippen molar-refractivity contribution in [2.75, 3.05) is 11.9 Å². The van der Waals surface area contributed by atoms with E-state index in [9.17, 15) is 4.79 Å². The van der Waals surface area contributed by atoms with E-state index < -0.39 is 0 Å². The number of carbonyl (C=O) groups is 1. The molecule has 7 heteroatoms. The van der Waals surface area contributed by atoms with E-state index in [-0.39, 0.29) is 11.9 Å². The van der Waals surface area contributed by atoms with Gasteiger partial charge in [0.1, 0.15) is 10.8 Å². The number of nitrogens with zero attached hydrogens (tertiary/aromatic N) is 3. The van der Waals surface area contributed by atoms with Gasteiger partial charge in [-0.2, -0.15) is 0 Å². The molecule has 1 fully saturated rings. The van der Waals surface area contributed by atoms with Crippen LogP contribution >= 0.6 is 11.3 Å². The first kappa shape index (κ1) is 17.9. The lowest BCUT2D eigenvalue weighted by Gasteiger charge is -2.21. The third kappa shape index (κ3) is 4.09. The molecule has 1 atom stereocenters. The van der Waals surface area contributed by atoms with Crippen LogP contribution in [0.3, 0.4) is 0 Å². The summed E-state index contributed by atoms with van der Waals surface area (Å²) >= 11 is 1.35. The second-order valence-electron chi connectivity index (χ2n) is 6.65. The van der Waals surface area contributed by atoms with Gasteiger partial charge in [0, 0.05) is 5.69 Å². The van der Waals surface area contributed by atoms with E-state index in [1.54, 1.807) is 6.26 Å². The Kier molecular flexibility index (Phi) is 5.31. The molecule has 0 spiro atoms. The largest absolute Gasteiger partial charge is 0.468 e. The van der Waals surface area contributed by atoms with Crippen LogP contribution in [0.2, 0.25) is 0 Å². The number of rotatable bonds is 6. The highest BCUT2D eigenvalue weighted by Crippen LogP contribution is 2.33. The molecule has 6 nitrogen and oxygen atoms in total. The molecule has 1 aliphatic rings. The number of hydrogen-bond acceptors (Lipinski definition) is 6. The zero-order valence-electron chi connectivity index (χ0n) is 15.2. The van der Waals surface area contributed by atoms with E-state index >= 15 is 0 Å². The Morgan fingerprint density at radius 1 is 1.30 bits per heavy atom. The minimum atomic E-state index is -0.216. The minimum absolute atomic E-state index is 0.216. The summed E-state index contributed by atoms with van der Waals surface area (Å²) in [6.45, 7) is 3.78. The monoisotopic (exact) mass is 382 g/mol. The molecule has 0 bridgehead atoms. The smallest absolute Gasteiger partial charge is 0.286 e. The summed E-state index contributed by atoms with van der Waals surface area (Å²) in [6.07, 6.45) is 4.90. The maximum absolute atomic E-state index is 12.4. The molecule has 2 aromatic heterocycles. The lowest BCUT2D eigenvalue weighted by atomic mass is 10.1. The molecule has 140 valence electrons. The molecular weight excluding hydrogens is 360 g/mol. The normalized spacial score (nSPS) is 17.3. The molecule has 1 unspecified atom stereocenters. The van der Waals surface area contributed by atoms with Crippen LogP contribution < -0.4 is 5.32 Å². The summed E-state index contributed by atoms with van der Waals surface area (Å²) in [5, 5.41) is 12.4. The van der Waals surface area contributed by atoms with Crippen LogP contribution in [0.4, 0.5) is 5.69 Å². The Balaban J connectivity index is 1.39. The van der Waals surface area contributed by atoms with Crippen molar-refractivity contribution in [2.24, 2.45) is 0 Å². The van der Waals surface area contributed by atoms with Gasteiger partial charge in [-0.05, 0) is 55.6 Å². The van der Waals surface area contributed by atoms with E-state index in [0.717, 1.165) is 42.3 Å². The molecule has 1 amide bonds. The maximum Gasteiger partial charge on any atom is 0.286 e. The number of amides is 1. The first-order valence-corrected chi connectivity index (χ1v) is 10.0. The fourth-order valence-electron chi connectivity index (χ4n) is 3.41. The molecule has 27 heavy (non-hydrogen) atoms. The zero-order valence-corrected chi connectivity index (χ0v) is 16.0. The first-order valence-electron chi connectivity index (χ1n) is 9.23. The SMILES string of the molecule is CCc1ccc(NC(=O)c2nnc(CN3CCCC3c3ccco3)s2)cc1. The van der Waals surface area contributed by atoms with Gasteiger partial charge in [0.15, 0.2) is 0 Å². The van der Waals surface area contributed by atoms with Gasteiger partial charge in [-0.3, -0.25) is 9.69 Å². The zero-order chi connectivity index (χ0) is 18.6. The first-order chi connectivity index (χ1) is 13.2. The summed E-state index contributed by atoms with van der Waals surface area (Å²) in [6, 6.07) is 12.1. The number of anilines is 1. The standard InChI is InChI=1S/C20H22N4O2S/c1-2-14-7-9-15(10-8-14)21-19(25)20-23-22-18(27-20)13-24-11-3-5-16(24)17-6-4-12-26-17/h4,6-10,12,16H,2-3,5,11,13H2,1H3,(H,21,25). The van der Waals surface area contributed by atoms with Crippen LogP contribution in [0.1, 0.15) is 51.9 Å². The van der Waals surface area contributed by atoms with Crippen LogP contribution in [-0.2, 0) is 13.0 Å². The van der Waals surface area contributed by atoms with Gasteiger partial charge < -0.3 is 9.73 Å². The number of aryl methyl sites for hydroxylation is 1. The quantitative estimate of drug-likeness (QED) is 0.689. The van der Waals surface area contributed by atoms with Gasteiger partial charge in [0.25, 0.3) is 5.91 Å². The van der Waals surface area contributed by atoms with E-state index in [1.807, 2.05) is 36.4 Å². The van der Waals surface area contributed by atoms with Gasteiger partial charge in [0.05, 0.1) is 18.8 Å². The fraction of sp³-hybridized carbons (Fsp3) is 0.350. The number of nitrogens with one attached hydrogen (secondary N) is 1. The molecule has 1 aromatic carbocycles. The van der Waals surface area contributed by atoms with E-state index in [2.05, 4.69) is 27.3 Å². The van der Waals surface area contributed by atoms with Crippen LogP contribution in [0, 0.1) is 0 Å². The lowest BCUT2D eigenvalue weighted by molar-refractivity contribution is 0.102. The molecule has 4 rings (SSSR count). The highest BCUT2D eigenvalue weighted by Gasteiger charge is 2.29. The summed E-state index contributed by atoms with van der Waals surface area (Å²) in [7, 11) is 0. The van der Waals surface area contributed by atoms with Gasteiger partial charge in [-0.1, -0.05) is 30.4 Å². The molecule has 1 saturated heterocycles. The number of hydrogen-bond donors (Lipinski definition) is 1. The van der Waals surface area contributed by atoms with Crippen LogP contribution in [0.5, 0.6) is 0 Å². The fourth-order valence-corrected chi connectivity index (χ4v) is 4.17. The average Bonchev–Trinajstić information content (AvgIpc) is 3.44. The average molecular weight is 382 g/mol. The highest BCUT2D eigenvalue weighted by molar-refractivity contribution is 7.13. The molecular formula is C20H22N4O2S. The maximum atomic E-state index is 12.4. The molecule has 1 N–H and O–H groups in total. The summed E-state index contributed by atoms with van der Waals surface area (Å²) in [5.41, 5.74) is 2.01. The molecule has 3 aromatic rings. The van der Waals surface area contributed by atoms with Gasteiger partial charge in [0.2, 0.25) is 5.01 Å². The topological polar surface area (TPSA) is 71.3 Å². The van der Waals surface area contributed by atoms with Crippen molar-refractivity contribution in [1.82, 2.24) is 15.1 Å². The predicted molar refractivity (Wildman–Crippen MR) is 105 cm³/mol. The Bertz CT molecular complexity index is 889. The second kappa shape index (κ2) is 8.02. The number of furan rings is 1. The number of aromatic nitrogens is 2. The molecule has 0 saturated carbocycles. The minimum Gasteiger partial charge on any atom is -0.468 e. The van der Waals surface area contributed by atoms with Crippen LogP contribution in [0.15, 0.2) is 47.1 Å². The van der Waals surface area contributed by atoms with Crippen molar-refractivity contribution in [1.29, 1.82) is 0 Å². The Hall–Kier alpha value is -2.51. The third-order valence-electron chi connectivity index (χ3n) is 4.85. The summed E-state index contributed by atoms with van der Waals surface area (Å²) < 4.78 is 5.57. The molecule has 0 aliphatic carbocycles. The van der Waals surface area contributed by atoms with Crippen molar-refractivity contribution >= 4 is 22.9 Å². The Morgan fingerprint density at radius 3 is 2.89 bits per heavy atom. The summed E-state index contributed by atoms with van der Waals surface area (Å²) in [5.74, 6) is 0.775. The second-order valence-corrected chi connectivity index (χ2v) is 7.71. The predicted octanol–water partition coefficient (Wildman–Crippen LogP) is 4.28. The van der Waals surface area contributed by atoms with Crippen molar-refractivity contribution in [3.63, 3.8) is 0 Å². The van der Waals surface area contributed by atoms with Crippen molar-refractivity contribution in [3.8, 4) is 0 Å². The van der Waals surface area contributed by atoms with Crippen LogP contribution in [0.25, 0.3) is 0 Å². The van der Waals surface area contributed by atoms with Crippen molar-refractivity contribution < 1.29 is 9.21 Å². The number of benzene rings is 1. The van der Waals surface area contributed by atoms with E-state index in [0.29, 0.717) is 11.6 Å². The Morgan fingerprint density at radius 2 is 2.15 bits per heavy atom. The number of carbonyl (C=O) groups excluding carboxylic acids is 1. The van der Waals surface area contributed by atoms with Crippen molar-refractivity contribution in [2.45, 2.75) is 38.8 Å². The highest BCUT2D eigenvalue weighted by atomic mass is 32.1. The molecule has 1 aliphatic heterocycles. The van der Waals surface area contributed by atoms with Crippen molar-refractivity contribution in [3.05, 3.63) is 64.0 Å². The van der Waals surface area contributed by atoms with E-state index in [4.69, 9.17) is 4.42 Å². The molecule has 3 heterocycles. The van der Waals surface area contributed by atoms with Gasteiger partial charge >= 0.3 is 0 Å². The van der Waals surface area contributed by atoms with E-state index in [1.165, 1.54) is 16.9 Å². The summed E-state index contributed by atoms with van der Waals surface area (Å²) in [4.78, 5) is 14.8. The lowest BCUT2D eigenvalue weighted by Crippen LogP contribution is -2.22. The van der Waals surface area contributed by atoms with Crippen LogP contribution in [-0.4, -0.2) is 27.5 Å².